The van der Waals surface area contributed by atoms with Gasteiger partial charge in [0.15, 0.2) is 0 Å². The van der Waals surface area contributed by atoms with Gasteiger partial charge in [0.25, 0.3) is 0 Å². The van der Waals surface area contributed by atoms with E-state index in [9.17, 15) is 13.2 Å². The Morgan fingerprint density at radius 3 is 2.65 bits per heavy atom. The monoisotopic (exact) mass is 244 g/mol. The molecule has 0 aromatic carbocycles. The average molecular weight is 244 g/mol. The zero-order chi connectivity index (χ0) is 12.3. The number of hydrogen-bond acceptors (Lipinski definition) is 2. The molecule has 1 aromatic heterocycles. The number of nitrogens with one attached hydrogen (secondary N) is 1. The minimum absolute atomic E-state index is 0.326. The molecule has 0 spiro atoms. The lowest BCUT2D eigenvalue weighted by atomic mass is 9.90. The maximum absolute atomic E-state index is 12.7. The van der Waals surface area contributed by atoms with Crippen LogP contribution < -0.4 is 5.32 Å². The second-order valence-corrected chi connectivity index (χ2v) is 4.41. The maximum atomic E-state index is 12.7. The van der Waals surface area contributed by atoms with Crippen LogP contribution in [-0.2, 0) is 12.6 Å². The molecule has 17 heavy (non-hydrogen) atoms. The fourth-order valence-electron chi connectivity index (χ4n) is 2.26. The van der Waals surface area contributed by atoms with Gasteiger partial charge in [-0.1, -0.05) is 6.07 Å². The topological polar surface area (TPSA) is 24.9 Å². The second-order valence-electron chi connectivity index (χ2n) is 4.41. The summed E-state index contributed by atoms with van der Waals surface area (Å²) in [4.78, 5) is 3.47. The fraction of sp³-hybridized carbons (Fsp3) is 0.583. The molecule has 0 aliphatic carbocycles. The molecule has 0 amide bonds. The Balaban J connectivity index is 2.14. The van der Waals surface area contributed by atoms with Crippen LogP contribution in [0.2, 0.25) is 0 Å². The van der Waals surface area contributed by atoms with Gasteiger partial charge in [0.2, 0.25) is 0 Å². The molecule has 0 atom stereocenters. The number of piperidine rings is 1. The number of rotatable bonds is 2. The quantitative estimate of drug-likeness (QED) is 0.865. The molecule has 5 heteroatoms. The van der Waals surface area contributed by atoms with E-state index < -0.39 is 11.9 Å². The lowest BCUT2D eigenvalue weighted by molar-refractivity contribution is -0.141. The van der Waals surface area contributed by atoms with Crippen molar-refractivity contribution in [3.8, 4) is 0 Å². The first-order chi connectivity index (χ1) is 8.07. The molecule has 1 aliphatic heterocycles. The first-order valence-electron chi connectivity index (χ1n) is 5.79. The number of pyridine rings is 1. The van der Waals surface area contributed by atoms with Crippen LogP contribution in [0.15, 0.2) is 18.3 Å². The third kappa shape index (κ3) is 3.19. The second kappa shape index (κ2) is 5.04. The number of nitrogens with zero attached hydrogens (tertiary/aromatic N) is 1. The van der Waals surface area contributed by atoms with E-state index in [0.717, 1.165) is 25.9 Å². The molecule has 1 N–H and O–H groups in total. The summed E-state index contributed by atoms with van der Waals surface area (Å²) in [5.41, 5.74) is -0.398. The molecule has 2 nitrogen and oxygen atoms in total. The molecule has 1 saturated heterocycles. The molecule has 1 aromatic rings. The highest BCUT2D eigenvalue weighted by Crippen LogP contribution is 2.32. The average Bonchev–Trinajstić information content (AvgIpc) is 2.30. The molecule has 94 valence electrons. The maximum Gasteiger partial charge on any atom is 0.433 e. The molecule has 0 radical (unpaired) electrons. The lowest BCUT2D eigenvalue weighted by Crippen LogP contribution is -2.29. The number of hydrogen-bond donors (Lipinski definition) is 1. The molecular formula is C12H15F3N2. The zero-order valence-electron chi connectivity index (χ0n) is 9.43. The van der Waals surface area contributed by atoms with Crippen molar-refractivity contribution in [1.82, 2.24) is 10.3 Å². The van der Waals surface area contributed by atoms with Gasteiger partial charge in [0.05, 0.1) is 0 Å². The molecule has 1 fully saturated rings. The highest BCUT2D eigenvalue weighted by Gasteiger charge is 2.35. The normalized spacial score (nSPS) is 18.3. The van der Waals surface area contributed by atoms with Crippen LogP contribution >= 0.6 is 0 Å². The Morgan fingerprint density at radius 2 is 2.00 bits per heavy atom. The summed E-state index contributed by atoms with van der Waals surface area (Å²) in [6.07, 6.45) is -0.791. The van der Waals surface area contributed by atoms with Crippen molar-refractivity contribution in [1.29, 1.82) is 0 Å². The number of halogens is 3. The highest BCUT2D eigenvalue weighted by atomic mass is 19.4. The Kier molecular flexibility index (Phi) is 3.66. The zero-order valence-corrected chi connectivity index (χ0v) is 9.43. The Morgan fingerprint density at radius 1 is 1.29 bits per heavy atom. The van der Waals surface area contributed by atoms with Gasteiger partial charge >= 0.3 is 6.18 Å². The van der Waals surface area contributed by atoms with Gasteiger partial charge in [-0.3, -0.25) is 4.98 Å². The van der Waals surface area contributed by atoms with E-state index in [2.05, 4.69) is 10.3 Å². The Bertz CT molecular complexity index is 370. The van der Waals surface area contributed by atoms with E-state index in [1.807, 2.05) is 0 Å². The Labute approximate surface area is 98.2 Å². The van der Waals surface area contributed by atoms with E-state index in [1.54, 1.807) is 6.07 Å². The predicted molar refractivity (Wildman–Crippen MR) is 58.5 cm³/mol. The van der Waals surface area contributed by atoms with Crippen LogP contribution in [0.4, 0.5) is 13.2 Å². The highest BCUT2D eigenvalue weighted by molar-refractivity contribution is 5.23. The predicted octanol–water partition coefficient (Wildman–Crippen LogP) is 2.64. The third-order valence-corrected chi connectivity index (χ3v) is 3.13. The first kappa shape index (κ1) is 12.4. The van der Waals surface area contributed by atoms with E-state index in [0.29, 0.717) is 17.9 Å². The van der Waals surface area contributed by atoms with Crippen LogP contribution in [0.25, 0.3) is 0 Å². The molecule has 2 rings (SSSR count). The molecule has 2 heterocycles. The van der Waals surface area contributed by atoms with Crippen molar-refractivity contribution in [2.45, 2.75) is 25.4 Å². The molecule has 0 saturated carbocycles. The van der Waals surface area contributed by atoms with Crippen LogP contribution in [0.5, 0.6) is 0 Å². The van der Waals surface area contributed by atoms with Gasteiger partial charge in [0, 0.05) is 6.20 Å². The van der Waals surface area contributed by atoms with Crippen molar-refractivity contribution in [3.63, 3.8) is 0 Å². The van der Waals surface area contributed by atoms with Gasteiger partial charge in [-0.05, 0) is 49.9 Å². The van der Waals surface area contributed by atoms with Crippen molar-refractivity contribution < 1.29 is 13.2 Å². The van der Waals surface area contributed by atoms with E-state index in [1.165, 1.54) is 12.3 Å². The summed E-state index contributed by atoms with van der Waals surface area (Å²) in [6.45, 7) is 1.79. The smallest absolute Gasteiger partial charge is 0.317 e. The van der Waals surface area contributed by atoms with E-state index in [-0.39, 0.29) is 0 Å². The molecule has 0 unspecified atom stereocenters. The molecule has 1 aliphatic rings. The van der Waals surface area contributed by atoms with Gasteiger partial charge in [-0.15, -0.1) is 0 Å². The lowest BCUT2D eigenvalue weighted by Gasteiger charge is -2.23. The summed E-state index contributed by atoms with van der Waals surface area (Å²) >= 11 is 0. The van der Waals surface area contributed by atoms with Crippen molar-refractivity contribution in [3.05, 3.63) is 29.6 Å². The minimum Gasteiger partial charge on any atom is -0.317 e. The number of alkyl halides is 3. The van der Waals surface area contributed by atoms with Crippen LogP contribution in [0.1, 0.15) is 24.1 Å². The summed E-state index contributed by atoms with van der Waals surface area (Å²) in [5.74, 6) is 0.335. The van der Waals surface area contributed by atoms with Gasteiger partial charge in [-0.2, -0.15) is 13.2 Å². The van der Waals surface area contributed by atoms with E-state index >= 15 is 0 Å². The summed E-state index contributed by atoms with van der Waals surface area (Å²) in [5, 5.41) is 3.21. The van der Waals surface area contributed by atoms with Crippen molar-refractivity contribution in [2.24, 2.45) is 5.92 Å². The van der Waals surface area contributed by atoms with Crippen molar-refractivity contribution >= 4 is 0 Å². The molecule has 0 bridgehead atoms. The molecular weight excluding hydrogens is 229 g/mol. The summed E-state index contributed by atoms with van der Waals surface area (Å²) in [6, 6.07) is 3.11. The third-order valence-electron chi connectivity index (χ3n) is 3.13. The van der Waals surface area contributed by atoms with Gasteiger partial charge < -0.3 is 5.32 Å². The largest absolute Gasteiger partial charge is 0.433 e. The van der Waals surface area contributed by atoms with Crippen LogP contribution in [0, 0.1) is 5.92 Å². The standard InChI is InChI=1S/C12H15F3N2/c13-12(14,15)11-10(2-1-5-17-11)8-9-3-6-16-7-4-9/h1-2,5,9,16H,3-4,6-8H2. The van der Waals surface area contributed by atoms with E-state index in [4.69, 9.17) is 0 Å². The summed E-state index contributed by atoms with van der Waals surface area (Å²) < 4.78 is 38.2. The van der Waals surface area contributed by atoms with Crippen LogP contribution in [-0.4, -0.2) is 18.1 Å². The summed E-state index contributed by atoms with van der Waals surface area (Å²) in [7, 11) is 0. The first-order valence-corrected chi connectivity index (χ1v) is 5.79. The van der Waals surface area contributed by atoms with Crippen molar-refractivity contribution in [2.75, 3.05) is 13.1 Å². The Hall–Kier alpha value is -1.10. The SMILES string of the molecule is FC(F)(F)c1ncccc1CC1CCNCC1. The van der Waals surface area contributed by atoms with Crippen LogP contribution in [0.3, 0.4) is 0 Å². The van der Waals surface area contributed by atoms with Gasteiger partial charge in [-0.25, -0.2) is 0 Å². The minimum atomic E-state index is -4.34. The van der Waals surface area contributed by atoms with Gasteiger partial charge in [0.1, 0.15) is 5.69 Å². The fourth-order valence-corrected chi connectivity index (χ4v) is 2.26. The number of aromatic nitrogens is 1.